The van der Waals surface area contributed by atoms with Crippen molar-refractivity contribution in [3.63, 3.8) is 0 Å². The molecular weight excluding hydrogens is 252 g/mol. The van der Waals surface area contributed by atoms with Crippen LogP contribution in [0.2, 0.25) is 0 Å². The van der Waals surface area contributed by atoms with Gasteiger partial charge in [0, 0.05) is 38.8 Å². The number of amides is 1. The third-order valence-electron chi connectivity index (χ3n) is 3.42. The maximum absolute atomic E-state index is 12.0. The lowest BCUT2D eigenvalue weighted by Crippen LogP contribution is -2.49. The summed E-state index contributed by atoms with van der Waals surface area (Å²) in [5.41, 5.74) is 0.569. The maximum atomic E-state index is 12.0. The molecule has 5 heteroatoms. The molecule has 0 N–H and O–H groups in total. The second kappa shape index (κ2) is 6.38. The first-order chi connectivity index (χ1) is 9.60. The highest BCUT2D eigenvalue weighted by molar-refractivity contribution is 5.76. The van der Waals surface area contributed by atoms with Crippen molar-refractivity contribution >= 4 is 11.7 Å². The Morgan fingerprint density at radius 1 is 1.35 bits per heavy atom. The molecule has 1 fully saturated rings. The first-order valence-corrected chi connectivity index (χ1v) is 6.99. The third kappa shape index (κ3) is 3.47. The van der Waals surface area contributed by atoms with Crippen LogP contribution in [0.1, 0.15) is 25.8 Å². The molecule has 5 nitrogen and oxygen atoms in total. The number of pyridine rings is 1. The van der Waals surface area contributed by atoms with Gasteiger partial charge in [0.15, 0.2) is 0 Å². The summed E-state index contributed by atoms with van der Waals surface area (Å²) in [5.74, 6) is 1.52. The number of anilines is 1. The maximum Gasteiger partial charge on any atom is 0.222 e. The molecule has 0 aliphatic carbocycles. The molecule has 1 aliphatic heterocycles. The predicted octanol–water partition coefficient (Wildman–Crippen LogP) is 1.65. The molecular formula is C15H20N4O. The van der Waals surface area contributed by atoms with Gasteiger partial charge < -0.3 is 9.80 Å². The average molecular weight is 272 g/mol. The van der Waals surface area contributed by atoms with E-state index in [4.69, 9.17) is 5.26 Å². The van der Waals surface area contributed by atoms with E-state index >= 15 is 0 Å². The van der Waals surface area contributed by atoms with E-state index in [1.54, 1.807) is 12.3 Å². The lowest BCUT2D eigenvalue weighted by Gasteiger charge is -2.35. The molecule has 20 heavy (non-hydrogen) atoms. The van der Waals surface area contributed by atoms with Crippen LogP contribution in [0.15, 0.2) is 18.3 Å². The van der Waals surface area contributed by atoms with E-state index in [9.17, 15) is 4.79 Å². The molecule has 2 rings (SSSR count). The Morgan fingerprint density at radius 2 is 2.05 bits per heavy atom. The monoisotopic (exact) mass is 272 g/mol. The normalized spacial score (nSPS) is 15.3. The zero-order chi connectivity index (χ0) is 14.5. The van der Waals surface area contributed by atoms with Crippen LogP contribution in [0.25, 0.3) is 0 Å². The van der Waals surface area contributed by atoms with Crippen LogP contribution in [-0.2, 0) is 4.79 Å². The van der Waals surface area contributed by atoms with E-state index in [2.05, 4.69) is 29.8 Å². The van der Waals surface area contributed by atoms with Crippen molar-refractivity contribution in [3.05, 3.63) is 23.9 Å². The quantitative estimate of drug-likeness (QED) is 0.839. The summed E-state index contributed by atoms with van der Waals surface area (Å²) < 4.78 is 0. The zero-order valence-corrected chi connectivity index (χ0v) is 12.0. The van der Waals surface area contributed by atoms with Crippen molar-refractivity contribution in [2.45, 2.75) is 20.3 Å². The molecule has 0 aromatic carbocycles. The van der Waals surface area contributed by atoms with E-state index in [1.807, 2.05) is 11.0 Å². The summed E-state index contributed by atoms with van der Waals surface area (Å²) in [5, 5.41) is 8.76. The Labute approximate surface area is 119 Å². The minimum Gasteiger partial charge on any atom is -0.353 e. The van der Waals surface area contributed by atoms with Crippen LogP contribution in [0.5, 0.6) is 0 Å². The summed E-state index contributed by atoms with van der Waals surface area (Å²) in [6.07, 6.45) is 2.21. The second-order valence-corrected chi connectivity index (χ2v) is 5.48. The molecule has 0 bridgehead atoms. The van der Waals surface area contributed by atoms with Gasteiger partial charge in [0.25, 0.3) is 0 Å². The number of hydrogen-bond acceptors (Lipinski definition) is 4. The molecule has 2 heterocycles. The van der Waals surface area contributed by atoms with Gasteiger partial charge >= 0.3 is 0 Å². The van der Waals surface area contributed by atoms with Gasteiger partial charge in [-0.15, -0.1) is 0 Å². The first kappa shape index (κ1) is 14.3. The minimum absolute atomic E-state index is 0.243. The fraction of sp³-hybridized carbons (Fsp3) is 0.533. The molecule has 0 saturated carbocycles. The molecule has 0 radical (unpaired) electrons. The summed E-state index contributed by atoms with van der Waals surface area (Å²) in [7, 11) is 0. The standard InChI is InChI=1S/C15H20N4O/c1-12(2)9-15(20)19-7-5-18(6-8-19)14-4-3-13(10-16)11-17-14/h3-4,11-12H,5-9H2,1-2H3. The Morgan fingerprint density at radius 3 is 2.55 bits per heavy atom. The lowest BCUT2D eigenvalue weighted by atomic mass is 10.1. The van der Waals surface area contributed by atoms with Gasteiger partial charge in [0.05, 0.1) is 5.56 Å². The molecule has 1 aromatic heterocycles. The van der Waals surface area contributed by atoms with Gasteiger partial charge in [-0.2, -0.15) is 5.26 Å². The van der Waals surface area contributed by atoms with Crippen LogP contribution in [-0.4, -0.2) is 42.0 Å². The van der Waals surface area contributed by atoms with E-state index in [0.29, 0.717) is 17.9 Å². The van der Waals surface area contributed by atoms with E-state index < -0.39 is 0 Å². The number of piperazine rings is 1. The van der Waals surface area contributed by atoms with Crippen molar-refractivity contribution < 1.29 is 4.79 Å². The fourth-order valence-corrected chi connectivity index (χ4v) is 2.30. The Bertz CT molecular complexity index is 496. The van der Waals surface area contributed by atoms with Crippen molar-refractivity contribution in [2.75, 3.05) is 31.1 Å². The predicted molar refractivity (Wildman–Crippen MR) is 77.2 cm³/mol. The first-order valence-electron chi connectivity index (χ1n) is 6.99. The van der Waals surface area contributed by atoms with E-state index in [1.165, 1.54) is 0 Å². The Balaban J connectivity index is 1.90. The highest BCUT2D eigenvalue weighted by atomic mass is 16.2. The zero-order valence-electron chi connectivity index (χ0n) is 12.0. The van der Waals surface area contributed by atoms with Crippen molar-refractivity contribution in [1.29, 1.82) is 5.26 Å². The number of carbonyl (C=O) groups is 1. The topological polar surface area (TPSA) is 60.2 Å². The van der Waals surface area contributed by atoms with Gasteiger partial charge in [-0.1, -0.05) is 13.8 Å². The molecule has 0 atom stereocenters. The lowest BCUT2D eigenvalue weighted by molar-refractivity contribution is -0.132. The van der Waals surface area contributed by atoms with Gasteiger partial charge in [-0.3, -0.25) is 4.79 Å². The van der Waals surface area contributed by atoms with Crippen LogP contribution in [0.3, 0.4) is 0 Å². The fourth-order valence-electron chi connectivity index (χ4n) is 2.30. The third-order valence-corrected chi connectivity index (χ3v) is 3.42. The number of nitriles is 1. The molecule has 1 saturated heterocycles. The molecule has 0 spiro atoms. The summed E-state index contributed by atoms with van der Waals surface area (Å²) >= 11 is 0. The molecule has 1 aromatic rings. The van der Waals surface area contributed by atoms with Crippen molar-refractivity contribution in [1.82, 2.24) is 9.88 Å². The van der Waals surface area contributed by atoms with E-state index in [0.717, 1.165) is 32.0 Å². The number of aromatic nitrogens is 1. The van der Waals surface area contributed by atoms with Crippen LogP contribution in [0, 0.1) is 17.2 Å². The van der Waals surface area contributed by atoms with Gasteiger partial charge in [-0.25, -0.2) is 4.98 Å². The number of carbonyl (C=O) groups excluding carboxylic acids is 1. The Kier molecular flexibility index (Phi) is 4.57. The largest absolute Gasteiger partial charge is 0.353 e. The SMILES string of the molecule is CC(C)CC(=O)N1CCN(c2ccc(C#N)cn2)CC1. The number of rotatable bonds is 3. The van der Waals surface area contributed by atoms with Gasteiger partial charge in [-0.05, 0) is 18.1 Å². The van der Waals surface area contributed by atoms with Crippen LogP contribution in [0.4, 0.5) is 5.82 Å². The summed E-state index contributed by atoms with van der Waals surface area (Å²) in [4.78, 5) is 20.4. The number of nitrogens with zero attached hydrogens (tertiary/aromatic N) is 4. The number of hydrogen-bond donors (Lipinski definition) is 0. The minimum atomic E-state index is 0.243. The van der Waals surface area contributed by atoms with Crippen molar-refractivity contribution in [3.8, 4) is 6.07 Å². The molecule has 1 amide bonds. The highest BCUT2D eigenvalue weighted by Gasteiger charge is 2.22. The van der Waals surface area contributed by atoms with E-state index in [-0.39, 0.29) is 5.91 Å². The molecule has 1 aliphatic rings. The molecule has 106 valence electrons. The summed E-state index contributed by atoms with van der Waals surface area (Å²) in [6, 6.07) is 5.70. The van der Waals surface area contributed by atoms with Gasteiger partial charge in [0.1, 0.15) is 11.9 Å². The highest BCUT2D eigenvalue weighted by Crippen LogP contribution is 2.15. The smallest absolute Gasteiger partial charge is 0.222 e. The average Bonchev–Trinajstić information content (AvgIpc) is 2.47. The summed E-state index contributed by atoms with van der Waals surface area (Å²) in [6.45, 7) is 7.20. The van der Waals surface area contributed by atoms with Crippen molar-refractivity contribution in [2.24, 2.45) is 5.92 Å². The molecule has 0 unspecified atom stereocenters. The second-order valence-electron chi connectivity index (χ2n) is 5.48. The van der Waals surface area contributed by atoms with Gasteiger partial charge in [0.2, 0.25) is 5.91 Å². The van der Waals surface area contributed by atoms with Crippen LogP contribution < -0.4 is 4.90 Å². The van der Waals surface area contributed by atoms with Crippen LogP contribution >= 0.6 is 0 Å². The Hall–Kier alpha value is -2.09.